The predicted octanol–water partition coefficient (Wildman–Crippen LogP) is 3.49. The van der Waals surface area contributed by atoms with Crippen LogP contribution < -0.4 is 10.6 Å². The number of halogens is 3. The molecular formula is C22H25F3N2O6S2. The average molecular weight is 535 g/mol. The van der Waals surface area contributed by atoms with Crippen LogP contribution in [-0.4, -0.2) is 48.5 Å². The fraction of sp³-hybridized carbons (Fsp3) is 0.636. The van der Waals surface area contributed by atoms with Crippen molar-refractivity contribution in [2.45, 2.75) is 50.3 Å². The number of carbonyl (C=O) groups excluding carboxylic acids is 3. The standard InChI is InChI=1S/C22H25F3N2O6S2/c1-32-16(28)14-6-13(21(31,18(30)33-2)22(23,24)25)15(35-14)26-19(34)27-17(29)20-7-10-3-11(8-20)5-12(4-10)9-20/h6,10-12,31H,3-5,7-9H2,1-2H3,(H2,26,27,29,34)/t10?,11?,12?,20?,21-/m1/s1. The van der Waals surface area contributed by atoms with Gasteiger partial charge in [0.05, 0.1) is 19.6 Å². The molecule has 4 bridgehead atoms. The zero-order chi connectivity index (χ0) is 25.8. The summed E-state index contributed by atoms with van der Waals surface area (Å²) in [7, 11) is 1.72. The van der Waals surface area contributed by atoms with Gasteiger partial charge in [0.2, 0.25) is 5.91 Å². The van der Waals surface area contributed by atoms with E-state index in [0.29, 0.717) is 42.3 Å². The van der Waals surface area contributed by atoms with E-state index in [9.17, 15) is 32.7 Å². The van der Waals surface area contributed by atoms with Crippen molar-refractivity contribution < 1.29 is 42.1 Å². The lowest BCUT2D eigenvalue weighted by Gasteiger charge is -2.55. The predicted molar refractivity (Wildman–Crippen MR) is 123 cm³/mol. The lowest BCUT2D eigenvalue weighted by atomic mass is 9.49. The zero-order valence-electron chi connectivity index (χ0n) is 19.0. The van der Waals surface area contributed by atoms with Crippen LogP contribution in [0.15, 0.2) is 6.07 Å². The summed E-state index contributed by atoms with van der Waals surface area (Å²) in [5, 5.41) is 14.8. The van der Waals surface area contributed by atoms with E-state index in [4.69, 9.17) is 12.2 Å². The first-order valence-corrected chi connectivity index (χ1v) is 12.3. The molecule has 4 aliphatic rings. The number of methoxy groups -OCH3 is 2. The Kier molecular flexibility index (Phi) is 6.64. The highest BCUT2D eigenvalue weighted by atomic mass is 32.1. The number of aliphatic hydroxyl groups is 1. The van der Waals surface area contributed by atoms with Crippen molar-refractivity contribution in [2.75, 3.05) is 19.5 Å². The second-order valence-electron chi connectivity index (χ2n) is 9.65. The number of esters is 2. The van der Waals surface area contributed by atoms with Crippen LogP contribution in [0.2, 0.25) is 0 Å². The molecule has 1 atom stereocenters. The minimum Gasteiger partial charge on any atom is -0.466 e. The summed E-state index contributed by atoms with van der Waals surface area (Å²) in [6.45, 7) is 0. The topological polar surface area (TPSA) is 114 Å². The molecule has 0 unspecified atom stereocenters. The number of thiocarbonyl (C=S) groups is 1. The van der Waals surface area contributed by atoms with Crippen LogP contribution in [0, 0.1) is 23.2 Å². The van der Waals surface area contributed by atoms with Gasteiger partial charge in [-0.3, -0.25) is 4.79 Å². The van der Waals surface area contributed by atoms with Gasteiger partial charge < -0.3 is 25.2 Å². The molecule has 1 heterocycles. The molecule has 4 aliphatic carbocycles. The van der Waals surface area contributed by atoms with Crippen molar-refractivity contribution in [3.05, 3.63) is 16.5 Å². The Bertz CT molecular complexity index is 1040. The van der Waals surface area contributed by atoms with E-state index in [-0.39, 0.29) is 15.9 Å². The lowest BCUT2D eigenvalue weighted by molar-refractivity contribution is -0.266. The van der Waals surface area contributed by atoms with Crippen molar-refractivity contribution in [1.29, 1.82) is 0 Å². The number of rotatable bonds is 5. The number of anilines is 1. The van der Waals surface area contributed by atoms with Crippen molar-refractivity contribution in [2.24, 2.45) is 23.2 Å². The van der Waals surface area contributed by atoms with Crippen LogP contribution in [0.1, 0.15) is 53.8 Å². The highest BCUT2D eigenvalue weighted by molar-refractivity contribution is 7.80. The van der Waals surface area contributed by atoms with Gasteiger partial charge in [0.15, 0.2) is 5.11 Å². The highest BCUT2D eigenvalue weighted by Gasteiger charge is 2.63. The third-order valence-corrected chi connectivity index (χ3v) is 8.61. The molecule has 0 spiro atoms. The molecule has 192 valence electrons. The van der Waals surface area contributed by atoms with E-state index in [2.05, 4.69) is 20.1 Å². The molecule has 0 radical (unpaired) electrons. The SMILES string of the molecule is COC(=O)c1cc([C@@](O)(C(=O)OC)C(F)(F)F)c(NC(=S)NC(=O)C23CC4CC(CC(C4)C2)C3)s1. The molecule has 4 saturated carbocycles. The third-order valence-electron chi connectivity index (χ3n) is 7.37. The maximum Gasteiger partial charge on any atom is 0.432 e. The van der Waals surface area contributed by atoms with Gasteiger partial charge in [-0.15, -0.1) is 11.3 Å². The van der Waals surface area contributed by atoms with Gasteiger partial charge in [-0.25, -0.2) is 9.59 Å². The summed E-state index contributed by atoms with van der Waals surface area (Å²) in [6, 6.07) is 0.687. The monoisotopic (exact) mass is 534 g/mol. The third kappa shape index (κ3) is 4.42. The smallest absolute Gasteiger partial charge is 0.432 e. The quantitative estimate of drug-likeness (QED) is 0.389. The molecule has 1 aromatic rings. The van der Waals surface area contributed by atoms with E-state index in [0.717, 1.165) is 45.6 Å². The first-order chi connectivity index (χ1) is 16.3. The Morgan fingerprint density at radius 3 is 2.09 bits per heavy atom. The maximum atomic E-state index is 13.9. The van der Waals surface area contributed by atoms with Gasteiger partial charge >= 0.3 is 18.1 Å². The van der Waals surface area contributed by atoms with E-state index < -0.39 is 39.7 Å². The maximum absolute atomic E-state index is 13.9. The Hall–Kier alpha value is -2.25. The number of amides is 1. The number of nitrogens with one attached hydrogen (secondary N) is 2. The summed E-state index contributed by atoms with van der Waals surface area (Å²) < 4.78 is 50.4. The molecule has 35 heavy (non-hydrogen) atoms. The molecule has 5 rings (SSSR count). The Labute approximate surface area is 208 Å². The van der Waals surface area contributed by atoms with E-state index in [1.807, 2.05) is 0 Å². The fourth-order valence-electron chi connectivity index (χ4n) is 6.24. The molecule has 4 fully saturated rings. The van der Waals surface area contributed by atoms with Crippen molar-refractivity contribution in [1.82, 2.24) is 5.32 Å². The molecule has 0 aromatic carbocycles. The van der Waals surface area contributed by atoms with Gasteiger partial charge in [-0.1, -0.05) is 0 Å². The van der Waals surface area contributed by atoms with Crippen molar-refractivity contribution in [3.63, 3.8) is 0 Å². The van der Waals surface area contributed by atoms with Crippen LogP contribution in [0.5, 0.6) is 0 Å². The van der Waals surface area contributed by atoms with Crippen LogP contribution in [0.3, 0.4) is 0 Å². The Balaban J connectivity index is 1.60. The van der Waals surface area contributed by atoms with Crippen molar-refractivity contribution >= 4 is 51.5 Å². The minimum absolute atomic E-state index is 0.292. The van der Waals surface area contributed by atoms with Crippen LogP contribution in [-0.2, 0) is 24.7 Å². The summed E-state index contributed by atoms with van der Waals surface area (Å²) in [5.41, 5.74) is -5.64. The van der Waals surface area contributed by atoms with Gasteiger partial charge in [-0.2, -0.15) is 13.2 Å². The first kappa shape index (κ1) is 25.8. The molecule has 1 amide bonds. The van der Waals surface area contributed by atoms with E-state index in [1.54, 1.807) is 0 Å². The number of hydrogen-bond donors (Lipinski definition) is 3. The number of thiophene rings is 1. The second kappa shape index (κ2) is 9.00. The lowest BCUT2D eigenvalue weighted by Crippen LogP contribution is -2.55. The zero-order valence-corrected chi connectivity index (χ0v) is 20.6. The summed E-state index contributed by atoms with van der Waals surface area (Å²) in [4.78, 5) is 37.0. The van der Waals surface area contributed by atoms with E-state index in [1.165, 1.54) is 0 Å². The number of ether oxygens (including phenoxy) is 2. The first-order valence-electron chi connectivity index (χ1n) is 11.1. The summed E-state index contributed by atoms with van der Waals surface area (Å²) in [6.07, 6.45) is 0.116. The minimum atomic E-state index is -5.49. The number of carbonyl (C=O) groups is 3. The number of alkyl halides is 3. The Morgan fingerprint density at radius 2 is 1.63 bits per heavy atom. The summed E-state index contributed by atoms with van der Waals surface area (Å²) in [5.74, 6) is -1.81. The molecule has 1 aromatic heterocycles. The normalized spacial score (nSPS) is 28.7. The molecule has 0 saturated heterocycles. The summed E-state index contributed by atoms with van der Waals surface area (Å²) >= 11 is 5.69. The van der Waals surface area contributed by atoms with Crippen molar-refractivity contribution in [3.8, 4) is 0 Å². The molecular weight excluding hydrogens is 509 g/mol. The van der Waals surface area contributed by atoms with E-state index >= 15 is 0 Å². The number of hydrogen-bond acceptors (Lipinski definition) is 8. The second-order valence-corrected chi connectivity index (χ2v) is 11.1. The molecule has 13 heteroatoms. The molecule has 8 nitrogen and oxygen atoms in total. The van der Waals surface area contributed by atoms with Crippen LogP contribution in [0.25, 0.3) is 0 Å². The highest BCUT2D eigenvalue weighted by Crippen LogP contribution is 2.60. The molecule has 3 N–H and O–H groups in total. The van der Waals surface area contributed by atoms with Gasteiger partial charge in [0.1, 0.15) is 9.88 Å². The van der Waals surface area contributed by atoms with Crippen LogP contribution in [0.4, 0.5) is 18.2 Å². The van der Waals surface area contributed by atoms with Gasteiger partial charge in [-0.05, 0) is 74.6 Å². The van der Waals surface area contributed by atoms with Gasteiger partial charge in [0, 0.05) is 5.56 Å². The van der Waals surface area contributed by atoms with Crippen LogP contribution >= 0.6 is 23.6 Å². The van der Waals surface area contributed by atoms with Gasteiger partial charge in [0.25, 0.3) is 5.60 Å². The molecule has 0 aliphatic heterocycles. The largest absolute Gasteiger partial charge is 0.466 e. The fourth-order valence-corrected chi connectivity index (χ4v) is 7.53. The average Bonchev–Trinajstić information content (AvgIpc) is 3.19. The Morgan fingerprint density at radius 1 is 1.09 bits per heavy atom.